The van der Waals surface area contributed by atoms with Crippen LogP contribution in [0.15, 0.2) is 29.1 Å². The van der Waals surface area contributed by atoms with Crippen molar-refractivity contribution in [3.8, 4) is 11.4 Å². The van der Waals surface area contributed by atoms with E-state index in [1.165, 1.54) is 4.57 Å². The Kier molecular flexibility index (Phi) is 5.39. The second-order valence-corrected chi connectivity index (χ2v) is 6.98. The van der Waals surface area contributed by atoms with Gasteiger partial charge in [-0.1, -0.05) is 12.1 Å². The number of para-hydroxylation sites is 2. The van der Waals surface area contributed by atoms with Crippen molar-refractivity contribution in [1.82, 2.24) is 19.4 Å². The normalized spacial score (nSPS) is 16.3. The fraction of sp³-hybridized carbons (Fsp3) is 0.450. The lowest BCUT2D eigenvalue weighted by atomic mass is 10.1. The van der Waals surface area contributed by atoms with Crippen LogP contribution in [0.25, 0.3) is 5.69 Å². The molecule has 9 nitrogen and oxygen atoms in total. The molecule has 154 valence electrons. The highest BCUT2D eigenvalue weighted by atomic mass is 16.5. The van der Waals surface area contributed by atoms with E-state index in [-0.39, 0.29) is 11.6 Å². The van der Waals surface area contributed by atoms with E-state index in [9.17, 15) is 9.59 Å². The summed E-state index contributed by atoms with van der Waals surface area (Å²) in [7, 11) is 3.30. The molecule has 2 amide bonds. The Morgan fingerprint density at radius 1 is 1.17 bits per heavy atom. The Balaban J connectivity index is 1.69. The van der Waals surface area contributed by atoms with E-state index in [1.807, 2.05) is 24.3 Å². The number of carbonyl (C=O) groups excluding carboxylic acids is 1. The second kappa shape index (κ2) is 8.12. The predicted molar refractivity (Wildman–Crippen MR) is 108 cm³/mol. The summed E-state index contributed by atoms with van der Waals surface area (Å²) in [5, 5.41) is 3.01. The Morgan fingerprint density at radius 3 is 2.66 bits per heavy atom. The minimum absolute atomic E-state index is 0.0272. The number of morpholine rings is 1. The zero-order valence-corrected chi connectivity index (χ0v) is 16.7. The summed E-state index contributed by atoms with van der Waals surface area (Å²) in [5.74, 6) is 1.01. The van der Waals surface area contributed by atoms with Gasteiger partial charge in [0.05, 0.1) is 38.2 Å². The lowest BCUT2D eigenvalue weighted by Crippen LogP contribution is -2.50. The summed E-state index contributed by atoms with van der Waals surface area (Å²) in [4.78, 5) is 34.4. The van der Waals surface area contributed by atoms with E-state index in [2.05, 4.69) is 10.3 Å². The molecule has 29 heavy (non-hydrogen) atoms. The number of amides is 2. The number of fused-ring (bicyclic) bond motifs is 1. The number of benzene rings is 1. The molecule has 2 aliphatic heterocycles. The zero-order valence-electron chi connectivity index (χ0n) is 16.7. The van der Waals surface area contributed by atoms with Crippen LogP contribution in [-0.4, -0.2) is 72.4 Å². The largest absolute Gasteiger partial charge is 0.495 e. The quantitative estimate of drug-likeness (QED) is 0.831. The molecule has 0 spiro atoms. The number of ether oxygens (including phenoxy) is 2. The minimum atomic E-state index is -0.137. The average Bonchev–Trinajstić information content (AvgIpc) is 2.78. The maximum Gasteiger partial charge on any atom is 0.320 e. The lowest BCUT2D eigenvalue weighted by Gasteiger charge is -2.35. The van der Waals surface area contributed by atoms with Crippen molar-refractivity contribution in [2.75, 3.05) is 52.3 Å². The van der Waals surface area contributed by atoms with Crippen LogP contribution in [0, 0.1) is 0 Å². The van der Waals surface area contributed by atoms with Crippen molar-refractivity contribution in [2.24, 2.45) is 0 Å². The maximum absolute atomic E-state index is 13.3. The van der Waals surface area contributed by atoms with Crippen LogP contribution in [0.4, 0.5) is 10.7 Å². The van der Waals surface area contributed by atoms with E-state index < -0.39 is 0 Å². The van der Waals surface area contributed by atoms with Gasteiger partial charge >= 0.3 is 6.03 Å². The molecular weight excluding hydrogens is 374 g/mol. The van der Waals surface area contributed by atoms with Crippen molar-refractivity contribution < 1.29 is 14.3 Å². The highest BCUT2D eigenvalue weighted by Gasteiger charge is 2.30. The fourth-order valence-corrected chi connectivity index (χ4v) is 3.81. The number of anilines is 1. The second-order valence-electron chi connectivity index (χ2n) is 6.98. The Bertz CT molecular complexity index is 968. The monoisotopic (exact) mass is 399 g/mol. The van der Waals surface area contributed by atoms with Gasteiger partial charge in [0.1, 0.15) is 5.75 Å². The first kappa shape index (κ1) is 19.3. The number of methoxy groups -OCH3 is 1. The van der Waals surface area contributed by atoms with Crippen molar-refractivity contribution in [2.45, 2.75) is 13.0 Å². The van der Waals surface area contributed by atoms with Crippen LogP contribution < -0.4 is 15.6 Å². The van der Waals surface area contributed by atoms with Gasteiger partial charge in [-0.2, -0.15) is 0 Å². The highest BCUT2D eigenvalue weighted by molar-refractivity contribution is 5.75. The summed E-state index contributed by atoms with van der Waals surface area (Å²) >= 11 is 0. The van der Waals surface area contributed by atoms with E-state index in [1.54, 1.807) is 24.0 Å². The SMILES string of the molecule is CNc1nc2c(c(=O)n1-c1ccccc1OC)CCN(C(=O)N1CCOCC1)C2. The molecule has 0 bridgehead atoms. The number of hydrogen-bond donors (Lipinski definition) is 1. The van der Waals surface area contributed by atoms with Crippen LogP contribution in [0.3, 0.4) is 0 Å². The lowest BCUT2D eigenvalue weighted by molar-refractivity contribution is 0.0420. The maximum atomic E-state index is 13.3. The highest BCUT2D eigenvalue weighted by Crippen LogP contribution is 2.25. The van der Waals surface area contributed by atoms with Crippen LogP contribution >= 0.6 is 0 Å². The third kappa shape index (κ3) is 3.53. The molecule has 1 N–H and O–H groups in total. The fourth-order valence-electron chi connectivity index (χ4n) is 3.81. The molecule has 0 unspecified atom stereocenters. The first-order chi connectivity index (χ1) is 14.1. The molecule has 3 heterocycles. The topological polar surface area (TPSA) is 88.9 Å². The van der Waals surface area contributed by atoms with E-state index in [4.69, 9.17) is 9.47 Å². The van der Waals surface area contributed by atoms with Gasteiger partial charge in [0, 0.05) is 32.2 Å². The number of aromatic nitrogens is 2. The van der Waals surface area contributed by atoms with Crippen LogP contribution in [0.5, 0.6) is 5.75 Å². The number of nitrogens with one attached hydrogen (secondary N) is 1. The third-order valence-electron chi connectivity index (χ3n) is 5.34. The summed E-state index contributed by atoms with van der Waals surface area (Å²) in [5.41, 5.74) is 1.77. The molecule has 1 saturated heterocycles. The molecule has 0 saturated carbocycles. The Labute approximate surface area is 168 Å². The Hall–Kier alpha value is -3.07. The number of urea groups is 1. The number of nitrogens with zero attached hydrogens (tertiary/aromatic N) is 4. The molecule has 0 atom stereocenters. The van der Waals surface area contributed by atoms with Crippen LogP contribution in [-0.2, 0) is 17.7 Å². The van der Waals surface area contributed by atoms with Crippen molar-refractivity contribution in [3.63, 3.8) is 0 Å². The van der Waals surface area contributed by atoms with Gasteiger partial charge in [0.15, 0.2) is 0 Å². The molecule has 0 aliphatic carbocycles. The molecule has 9 heteroatoms. The minimum Gasteiger partial charge on any atom is -0.495 e. The summed E-state index contributed by atoms with van der Waals surface area (Å²) < 4.78 is 12.3. The van der Waals surface area contributed by atoms with Crippen molar-refractivity contribution in [3.05, 3.63) is 45.9 Å². The number of rotatable bonds is 3. The summed E-state index contributed by atoms with van der Waals surface area (Å²) in [6.07, 6.45) is 0.469. The van der Waals surface area contributed by atoms with Gasteiger partial charge in [-0.3, -0.25) is 4.79 Å². The van der Waals surface area contributed by atoms with Gasteiger partial charge in [0.2, 0.25) is 5.95 Å². The van der Waals surface area contributed by atoms with Gasteiger partial charge in [-0.25, -0.2) is 14.3 Å². The summed E-state index contributed by atoms with van der Waals surface area (Å²) in [6, 6.07) is 7.32. The van der Waals surface area contributed by atoms with E-state index in [0.29, 0.717) is 74.5 Å². The molecule has 1 aromatic carbocycles. The van der Waals surface area contributed by atoms with Crippen molar-refractivity contribution >= 4 is 12.0 Å². The molecule has 2 aliphatic rings. The smallest absolute Gasteiger partial charge is 0.320 e. The molecule has 0 radical (unpaired) electrons. The number of hydrogen-bond acceptors (Lipinski definition) is 6. The predicted octanol–water partition coefficient (Wildman–Crippen LogP) is 1.09. The first-order valence-electron chi connectivity index (χ1n) is 9.71. The first-order valence-corrected chi connectivity index (χ1v) is 9.71. The molecular formula is C20H25N5O4. The number of carbonyl (C=O) groups is 1. The van der Waals surface area contributed by atoms with E-state index in [0.717, 1.165) is 0 Å². The standard InChI is InChI=1S/C20H25N5O4/c1-21-19-22-15-13-24(20(27)23-9-11-29-12-10-23)8-7-14(15)18(26)25(19)16-5-3-4-6-17(16)28-2/h3-6H,7-13H2,1-2H3,(H,21,22). The van der Waals surface area contributed by atoms with E-state index >= 15 is 0 Å². The van der Waals surface area contributed by atoms with Crippen molar-refractivity contribution in [1.29, 1.82) is 0 Å². The van der Waals surface area contributed by atoms with Gasteiger partial charge in [-0.05, 0) is 18.6 Å². The third-order valence-corrected chi connectivity index (χ3v) is 5.34. The van der Waals surface area contributed by atoms with Crippen LogP contribution in [0.1, 0.15) is 11.3 Å². The molecule has 1 fully saturated rings. The average molecular weight is 399 g/mol. The van der Waals surface area contributed by atoms with Gasteiger partial charge in [0.25, 0.3) is 5.56 Å². The molecule has 2 aromatic rings. The molecule has 1 aromatic heterocycles. The zero-order chi connectivity index (χ0) is 20.4. The van der Waals surface area contributed by atoms with Gasteiger partial charge in [-0.15, -0.1) is 0 Å². The molecule has 4 rings (SSSR count). The summed E-state index contributed by atoms with van der Waals surface area (Å²) in [6.45, 7) is 3.11. The van der Waals surface area contributed by atoms with Crippen LogP contribution in [0.2, 0.25) is 0 Å². The Morgan fingerprint density at radius 2 is 1.93 bits per heavy atom. The van der Waals surface area contributed by atoms with Gasteiger partial charge < -0.3 is 24.6 Å².